The van der Waals surface area contributed by atoms with Gasteiger partial charge in [0.15, 0.2) is 11.6 Å². The van der Waals surface area contributed by atoms with E-state index in [-0.39, 0.29) is 66.9 Å². The maximum Gasteiger partial charge on any atom is 0.329 e. The molecule has 18 heteroatoms. The number of cyclic esters (lactones) is 1. The standard InChI is InChI=1S/C55H82N4O14/c1-32-16-12-11-13-17-33(2)45(69-8)29-41-21-19-38(7)55(68,73-41)52(65)53(66)58-23-15-14-18-43(58)54(67)72-46(30-44(60)34(3)25-37(6)50(64)51(71-10)49(63)36(5)24-32)35(4)26-39-20-22-42(47(27-39)70-9)59-31-40(56-57-59)28-48(61)62/h11-13,16-17,25,31-32,35-39,41-43,45-47,50-51,64,68H,14-15,18-24,26-30H2,1-10H3,(H,61,62)/b13-11?,16-12?,33-17?,34-25+/t32-,35-,36-,37?,38-,39+,41+,42+,43+,45+,46+,47-,50-,51+,55-/m1/s1. The summed E-state index contributed by atoms with van der Waals surface area (Å²) in [5, 5.41) is 41.1. The van der Waals surface area contributed by atoms with E-state index in [1.807, 2.05) is 58.1 Å². The Morgan fingerprint density at radius 2 is 1.66 bits per heavy atom. The molecule has 3 aliphatic heterocycles. The van der Waals surface area contributed by atoms with E-state index in [2.05, 4.69) is 10.3 Å². The minimum atomic E-state index is -2.46. The first kappa shape index (κ1) is 59.2. The lowest BCUT2D eigenvalue weighted by atomic mass is 9.77. The topological polar surface area (TPSA) is 243 Å². The van der Waals surface area contributed by atoms with Crippen molar-refractivity contribution < 1.29 is 67.8 Å². The molecule has 0 aromatic carbocycles. The number of methoxy groups -OCH3 is 3. The first-order chi connectivity index (χ1) is 34.6. The van der Waals surface area contributed by atoms with Crippen LogP contribution < -0.4 is 0 Å². The van der Waals surface area contributed by atoms with Gasteiger partial charge in [-0.3, -0.25) is 24.0 Å². The molecule has 0 spiro atoms. The number of fused-ring (bicyclic) bond motifs is 3. The molecule has 2 saturated heterocycles. The summed E-state index contributed by atoms with van der Waals surface area (Å²) in [6, 6.07) is -1.38. The van der Waals surface area contributed by atoms with Gasteiger partial charge in [0.2, 0.25) is 5.79 Å². The average molecular weight is 1020 g/mol. The van der Waals surface area contributed by atoms with Crippen molar-refractivity contribution in [1.29, 1.82) is 0 Å². The van der Waals surface area contributed by atoms with Crippen LogP contribution in [0.25, 0.3) is 0 Å². The van der Waals surface area contributed by atoms with Gasteiger partial charge in [0.25, 0.3) is 11.7 Å². The van der Waals surface area contributed by atoms with Gasteiger partial charge in [0, 0.05) is 64.7 Å². The Balaban J connectivity index is 1.46. The predicted octanol–water partition coefficient (Wildman–Crippen LogP) is 6.28. The Labute approximate surface area is 430 Å². The fourth-order valence-electron chi connectivity index (χ4n) is 11.2. The Bertz CT molecular complexity index is 2200. The van der Waals surface area contributed by atoms with Crippen molar-refractivity contribution in [2.24, 2.45) is 35.5 Å². The van der Waals surface area contributed by atoms with E-state index < -0.39 is 89.6 Å². The molecule has 15 atom stereocenters. The summed E-state index contributed by atoms with van der Waals surface area (Å²) in [7, 11) is 4.55. The number of piperidine rings is 1. The number of allylic oxidation sites excluding steroid dienone is 6. The number of aromatic nitrogens is 3. The summed E-state index contributed by atoms with van der Waals surface area (Å²) in [5.41, 5.74) is 1.49. The van der Waals surface area contributed by atoms with Crippen molar-refractivity contribution in [1.82, 2.24) is 19.9 Å². The van der Waals surface area contributed by atoms with Gasteiger partial charge in [0.1, 0.15) is 18.2 Å². The molecule has 406 valence electrons. The van der Waals surface area contributed by atoms with Crippen LogP contribution in [0.1, 0.15) is 137 Å². The van der Waals surface area contributed by atoms with E-state index in [4.69, 9.17) is 23.7 Å². The first-order valence-corrected chi connectivity index (χ1v) is 26.2. The summed E-state index contributed by atoms with van der Waals surface area (Å²) in [6.45, 7) is 12.7. The molecular formula is C55H82N4O14. The van der Waals surface area contributed by atoms with Gasteiger partial charge >= 0.3 is 11.9 Å². The second-order valence-electron chi connectivity index (χ2n) is 21.4. The van der Waals surface area contributed by atoms with Crippen LogP contribution in [-0.2, 0) is 58.9 Å². The zero-order valence-electron chi connectivity index (χ0n) is 44.6. The number of carbonyl (C=O) groups excluding carboxylic acids is 5. The Kier molecular flexibility index (Phi) is 22.0. The minimum Gasteiger partial charge on any atom is -0.481 e. The number of nitrogens with zero attached hydrogens (tertiary/aromatic N) is 4. The van der Waals surface area contributed by atoms with Crippen LogP contribution in [0.4, 0.5) is 0 Å². The first-order valence-electron chi connectivity index (χ1n) is 26.2. The van der Waals surface area contributed by atoms with E-state index in [0.717, 1.165) is 12.0 Å². The average Bonchev–Trinajstić information content (AvgIpc) is 3.82. The fraction of sp³-hybridized carbons (Fsp3) is 0.709. The van der Waals surface area contributed by atoms with Gasteiger partial charge in [-0.05, 0) is 107 Å². The highest BCUT2D eigenvalue weighted by atomic mass is 16.6. The molecule has 3 fully saturated rings. The van der Waals surface area contributed by atoms with Crippen LogP contribution in [0.2, 0.25) is 0 Å². The minimum absolute atomic E-state index is 0.00380. The molecule has 1 aliphatic carbocycles. The number of aliphatic carboxylic acids is 1. The Hall–Kier alpha value is -4.72. The number of Topliss-reactive ketones (excluding diaryl/α,β-unsaturated/α-hetero) is 3. The number of hydrogen-bond donors (Lipinski definition) is 3. The quantitative estimate of drug-likeness (QED) is 0.182. The lowest BCUT2D eigenvalue weighted by Gasteiger charge is -2.42. The Morgan fingerprint density at radius 3 is 2.34 bits per heavy atom. The molecule has 1 unspecified atom stereocenters. The largest absolute Gasteiger partial charge is 0.481 e. The molecule has 1 amide bonds. The summed E-state index contributed by atoms with van der Waals surface area (Å²) < 4.78 is 31.6. The van der Waals surface area contributed by atoms with Crippen LogP contribution >= 0.6 is 0 Å². The maximum atomic E-state index is 14.6. The second kappa shape index (κ2) is 27.2. The molecule has 0 radical (unpaired) electrons. The molecule has 18 nitrogen and oxygen atoms in total. The van der Waals surface area contributed by atoms with E-state index >= 15 is 0 Å². The number of aliphatic hydroxyl groups excluding tert-OH is 1. The van der Waals surface area contributed by atoms with Crippen LogP contribution in [0.5, 0.6) is 0 Å². The number of rotatable bonds is 9. The lowest BCUT2D eigenvalue weighted by molar-refractivity contribution is -0.265. The molecule has 4 heterocycles. The fourth-order valence-corrected chi connectivity index (χ4v) is 11.2. The number of carbonyl (C=O) groups is 6. The number of ether oxygens (including phenoxy) is 5. The zero-order valence-corrected chi connectivity index (χ0v) is 44.6. The third kappa shape index (κ3) is 15.4. The van der Waals surface area contributed by atoms with Crippen molar-refractivity contribution in [3.05, 3.63) is 59.5 Å². The highest BCUT2D eigenvalue weighted by Crippen LogP contribution is 2.40. The van der Waals surface area contributed by atoms with Gasteiger partial charge in [-0.2, -0.15) is 0 Å². The van der Waals surface area contributed by atoms with E-state index in [9.17, 15) is 44.1 Å². The normalized spacial score (nSPS) is 35.6. The number of ketones is 3. The molecule has 4 aliphatic rings. The summed E-state index contributed by atoms with van der Waals surface area (Å²) in [4.78, 5) is 83.8. The maximum absolute atomic E-state index is 14.6. The molecule has 73 heavy (non-hydrogen) atoms. The number of aliphatic hydroxyl groups is 2. The van der Waals surface area contributed by atoms with Crippen LogP contribution in [-0.4, -0.2) is 147 Å². The van der Waals surface area contributed by atoms with Crippen molar-refractivity contribution >= 4 is 35.2 Å². The SMILES string of the molecule is CO[C@H]1C[C@@H]2CC[C@@H](C)[C@@](O)(O2)C(=O)C(=O)N2CCCC[C@H]2C(=O)O[C@H]([C@H](C)C[C@@H]2CC[C@H](n3cc(CC(=O)O)nn3)[C@H](OC)C2)CC(=O)/C(C)=C/C(C)[C@@H](O)[C@@H](OC)C(=O)[C@H](C)C[C@H](C)C=CC=CC=C1C. The number of carboxylic acids is 1. The van der Waals surface area contributed by atoms with Crippen molar-refractivity contribution in [3.8, 4) is 0 Å². The number of esters is 1. The third-order valence-corrected chi connectivity index (χ3v) is 15.7. The van der Waals surface area contributed by atoms with Gasteiger partial charge in [-0.15, -0.1) is 5.10 Å². The number of carboxylic acid groups (broad SMARTS) is 1. The van der Waals surface area contributed by atoms with Gasteiger partial charge < -0.3 is 43.9 Å². The zero-order chi connectivity index (χ0) is 53.7. The van der Waals surface area contributed by atoms with Crippen molar-refractivity contribution in [3.63, 3.8) is 0 Å². The Morgan fingerprint density at radius 1 is 0.918 bits per heavy atom. The highest BCUT2D eigenvalue weighted by molar-refractivity contribution is 6.39. The van der Waals surface area contributed by atoms with Crippen LogP contribution in [0, 0.1) is 35.5 Å². The summed E-state index contributed by atoms with van der Waals surface area (Å²) >= 11 is 0. The smallest absolute Gasteiger partial charge is 0.329 e. The molecular weight excluding hydrogens is 941 g/mol. The second-order valence-corrected chi connectivity index (χ2v) is 21.4. The summed E-state index contributed by atoms with van der Waals surface area (Å²) in [5.74, 6) is -9.28. The predicted molar refractivity (Wildman–Crippen MR) is 270 cm³/mol. The van der Waals surface area contributed by atoms with Gasteiger partial charge in [-0.1, -0.05) is 76.3 Å². The van der Waals surface area contributed by atoms with Crippen molar-refractivity contribution in [2.45, 2.75) is 186 Å². The van der Waals surface area contributed by atoms with Gasteiger partial charge in [0.05, 0.1) is 42.6 Å². The summed E-state index contributed by atoms with van der Waals surface area (Å²) in [6.07, 6.45) is 12.9. The molecule has 1 aromatic heterocycles. The molecule has 1 saturated carbocycles. The lowest BCUT2D eigenvalue weighted by Crippen LogP contribution is -2.61. The van der Waals surface area contributed by atoms with E-state index in [1.54, 1.807) is 51.9 Å². The van der Waals surface area contributed by atoms with Crippen molar-refractivity contribution in [2.75, 3.05) is 27.9 Å². The molecule has 2 bridgehead atoms. The molecule has 3 N–H and O–H groups in total. The third-order valence-electron chi connectivity index (χ3n) is 15.7. The number of amides is 1. The number of hydrogen-bond acceptors (Lipinski definition) is 15. The highest BCUT2D eigenvalue weighted by Gasteiger charge is 2.53. The van der Waals surface area contributed by atoms with E-state index in [1.165, 1.54) is 12.0 Å². The molecule has 5 rings (SSSR count). The monoisotopic (exact) mass is 1020 g/mol. The van der Waals surface area contributed by atoms with Crippen LogP contribution in [0.3, 0.4) is 0 Å². The van der Waals surface area contributed by atoms with Crippen LogP contribution in [0.15, 0.2) is 53.8 Å². The van der Waals surface area contributed by atoms with Gasteiger partial charge in [-0.25, -0.2) is 9.48 Å². The molecule has 1 aromatic rings. The van der Waals surface area contributed by atoms with E-state index in [0.29, 0.717) is 63.5 Å².